The SMILES string of the molecule is Cc1ccn(C)c(=O)c1NC(=O)N[C@H](CO)C(C)(C)C. The van der Waals surface area contributed by atoms with Gasteiger partial charge in [-0.2, -0.15) is 0 Å². The third-order valence-electron chi connectivity index (χ3n) is 3.25. The van der Waals surface area contributed by atoms with E-state index < -0.39 is 12.1 Å². The molecule has 112 valence electrons. The molecule has 0 bridgehead atoms. The fourth-order valence-electron chi connectivity index (χ4n) is 1.72. The van der Waals surface area contributed by atoms with Crippen molar-refractivity contribution in [2.45, 2.75) is 33.7 Å². The van der Waals surface area contributed by atoms with Crippen molar-refractivity contribution in [3.63, 3.8) is 0 Å². The van der Waals surface area contributed by atoms with E-state index in [9.17, 15) is 14.7 Å². The molecule has 20 heavy (non-hydrogen) atoms. The van der Waals surface area contributed by atoms with Crippen LogP contribution in [0.15, 0.2) is 17.1 Å². The predicted octanol–water partition coefficient (Wildman–Crippen LogP) is 1.22. The van der Waals surface area contributed by atoms with Crippen LogP contribution in [-0.4, -0.2) is 28.4 Å². The summed E-state index contributed by atoms with van der Waals surface area (Å²) in [6, 6.07) is 0.866. The molecule has 0 aromatic carbocycles. The lowest BCUT2D eigenvalue weighted by Gasteiger charge is -2.29. The highest BCUT2D eigenvalue weighted by Gasteiger charge is 2.25. The van der Waals surface area contributed by atoms with E-state index in [0.29, 0.717) is 5.56 Å². The number of anilines is 1. The first-order chi connectivity index (χ1) is 9.16. The number of urea groups is 1. The van der Waals surface area contributed by atoms with Crippen molar-refractivity contribution < 1.29 is 9.90 Å². The summed E-state index contributed by atoms with van der Waals surface area (Å²) in [4.78, 5) is 23.9. The smallest absolute Gasteiger partial charge is 0.319 e. The molecule has 0 radical (unpaired) electrons. The van der Waals surface area contributed by atoms with Crippen molar-refractivity contribution in [3.05, 3.63) is 28.2 Å². The summed E-state index contributed by atoms with van der Waals surface area (Å²) in [6.07, 6.45) is 1.65. The van der Waals surface area contributed by atoms with E-state index in [4.69, 9.17) is 0 Å². The average molecular weight is 281 g/mol. The molecule has 3 N–H and O–H groups in total. The lowest BCUT2D eigenvalue weighted by atomic mass is 9.87. The largest absolute Gasteiger partial charge is 0.394 e. The quantitative estimate of drug-likeness (QED) is 0.779. The molecule has 6 heteroatoms. The van der Waals surface area contributed by atoms with Gasteiger partial charge in [0.25, 0.3) is 5.56 Å². The lowest BCUT2D eigenvalue weighted by Crippen LogP contribution is -2.48. The lowest BCUT2D eigenvalue weighted by molar-refractivity contribution is 0.162. The second kappa shape index (κ2) is 6.09. The van der Waals surface area contributed by atoms with Gasteiger partial charge in [0.05, 0.1) is 12.6 Å². The van der Waals surface area contributed by atoms with Gasteiger partial charge in [-0.05, 0) is 24.0 Å². The number of aliphatic hydroxyl groups excluding tert-OH is 1. The summed E-state index contributed by atoms with van der Waals surface area (Å²) < 4.78 is 1.40. The summed E-state index contributed by atoms with van der Waals surface area (Å²) in [7, 11) is 1.62. The third-order valence-corrected chi connectivity index (χ3v) is 3.25. The van der Waals surface area contributed by atoms with Crippen LogP contribution in [0.25, 0.3) is 0 Å². The molecule has 0 spiro atoms. The molecule has 1 aromatic rings. The Balaban J connectivity index is 2.87. The standard InChI is InChI=1S/C14H23N3O3/c1-9-6-7-17(5)12(19)11(9)16-13(20)15-10(8-18)14(2,3)4/h6-7,10,18H,8H2,1-5H3,(H2,15,16,20)/t10-/m1/s1. The molecule has 1 aromatic heterocycles. The fourth-order valence-corrected chi connectivity index (χ4v) is 1.72. The number of carbonyl (C=O) groups is 1. The minimum Gasteiger partial charge on any atom is -0.394 e. The van der Waals surface area contributed by atoms with Gasteiger partial charge in [-0.25, -0.2) is 4.79 Å². The van der Waals surface area contributed by atoms with Crippen molar-refractivity contribution >= 4 is 11.7 Å². The number of amides is 2. The molecule has 0 aliphatic heterocycles. The van der Waals surface area contributed by atoms with Crippen LogP contribution < -0.4 is 16.2 Å². The van der Waals surface area contributed by atoms with E-state index in [0.717, 1.165) is 0 Å². The van der Waals surface area contributed by atoms with Crippen LogP contribution >= 0.6 is 0 Å². The number of nitrogens with zero attached hydrogens (tertiary/aromatic N) is 1. The number of rotatable bonds is 3. The Morgan fingerprint density at radius 2 is 2.05 bits per heavy atom. The first-order valence-electron chi connectivity index (χ1n) is 6.51. The van der Waals surface area contributed by atoms with Crippen molar-refractivity contribution in [2.75, 3.05) is 11.9 Å². The van der Waals surface area contributed by atoms with Gasteiger partial charge in [0.15, 0.2) is 0 Å². The zero-order valence-corrected chi connectivity index (χ0v) is 12.7. The van der Waals surface area contributed by atoms with Gasteiger partial charge in [-0.1, -0.05) is 20.8 Å². The van der Waals surface area contributed by atoms with Gasteiger partial charge in [-0.3, -0.25) is 4.79 Å². The second-order valence-electron chi connectivity index (χ2n) is 5.99. The normalized spacial score (nSPS) is 12.9. The molecule has 6 nitrogen and oxygen atoms in total. The molecule has 1 rings (SSSR count). The molecule has 0 unspecified atom stereocenters. The Hall–Kier alpha value is -1.82. The number of hydrogen-bond donors (Lipinski definition) is 3. The predicted molar refractivity (Wildman–Crippen MR) is 78.9 cm³/mol. The molecule has 1 heterocycles. The van der Waals surface area contributed by atoms with Gasteiger partial charge in [0.1, 0.15) is 5.69 Å². The average Bonchev–Trinajstić information content (AvgIpc) is 2.35. The first kappa shape index (κ1) is 16.2. The maximum atomic E-state index is 12.0. The summed E-state index contributed by atoms with van der Waals surface area (Å²) in [6.45, 7) is 7.34. The highest BCUT2D eigenvalue weighted by Crippen LogP contribution is 2.18. The first-order valence-corrected chi connectivity index (χ1v) is 6.51. The number of aromatic nitrogens is 1. The zero-order chi connectivity index (χ0) is 15.5. The van der Waals surface area contributed by atoms with Gasteiger partial charge >= 0.3 is 6.03 Å². The van der Waals surface area contributed by atoms with Crippen LogP contribution in [-0.2, 0) is 7.05 Å². The van der Waals surface area contributed by atoms with Gasteiger partial charge in [-0.15, -0.1) is 0 Å². The Labute approximate surface area is 118 Å². The van der Waals surface area contributed by atoms with Crippen LogP contribution in [0.5, 0.6) is 0 Å². The number of carbonyl (C=O) groups excluding carboxylic acids is 1. The number of hydrogen-bond acceptors (Lipinski definition) is 3. The van der Waals surface area contributed by atoms with Crippen LogP contribution in [0.1, 0.15) is 26.3 Å². The van der Waals surface area contributed by atoms with Gasteiger partial charge in [0.2, 0.25) is 0 Å². The molecule has 0 aliphatic carbocycles. The van der Waals surface area contributed by atoms with Crippen LogP contribution in [0, 0.1) is 12.3 Å². The van der Waals surface area contributed by atoms with Crippen molar-refractivity contribution in [2.24, 2.45) is 12.5 Å². The molecule has 2 amide bonds. The van der Waals surface area contributed by atoms with E-state index in [1.807, 2.05) is 20.8 Å². The van der Waals surface area contributed by atoms with E-state index in [-0.39, 0.29) is 23.3 Å². The highest BCUT2D eigenvalue weighted by molar-refractivity contribution is 5.90. The summed E-state index contributed by atoms with van der Waals surface area (Å²) in [5.74, 6) is 0. The Bertz CT molecular complexity index is 544. The van der Waals surface area contributed by atoms with E-state index >= 15 is 0 Å². The van der Waals surface area contributed by atoms with Gasteiger partial charge < -0.3 is 20.3 Å². The Kier molecular flexibility index (Phi) is 4.94. The zero-order valence-electron chi connectivity index (χ0n) is 12.7. The topological polar surface area (TPSA) is 83.4 Å². The Morgan fingerprint density at radius 3 is 2.55 bits per heavy atom. The molecular weight excluding hydrogens is 258 g/mol. The van der Waals surface area contributed by atoms with Crippen LogP contribution in [0.4, 0.5) is 10.5 Å². The van der Waals surface area contributed by atoms with E-state index in [1.165, 1.54) is 4.57 Å². The summed E-state index contributed by atoms with van der Waals surface area (Å²) >= 11 is 0. The van der Waals surface area contributed by atoms with E-state index in [1.54, 1.807) is 26.2 Å². The van der Waals surface area contributed by atoms with Crippen LogP contribution in [0.3, 0.4) is 0 Å². The van der Waals surface area contributed by atoms with Gasteiger partial charge in [0, 0.05) is 13.2 Å². The third kappa shape index (κ3) is 3.84. The number of aryl methyl sites for hydroxylation is 2. The maximum Gasteiger partial charge on any atom is 0.319 e. The van der Waals surface area contributed by atoms with Crippen LogP contribution in [0.2, 0.25) is 0 Å². The van der Waals surface area contributed by atoms with Crippen molar-refractivity contribution in [1.82, 2.24) is 9.88 Å². The molecular formula is C14H23N3O3. The summed E-state index contributed by atoms with van der Waals surface area (Å²) in [5, 5.41) is 14.6. The van der Waals surface area contributed by atoms with Crippen molar-refractivity contribution in [1.29, 1.82) is 0 Å². The Morgan fingerprint density at radius 1 is 1.45 bits per heavy atom. The number of aliphatic hydroxyl groups is 1. The molecule has 0 fully saturated rings. The molecule has 0 saturated carbocycles. The van der Waals surface area contributed by atoms with Crippen molar-refractivity contribution in [3.8, 4) is 0 Å². The molecule has 0 aliphatic rings. The summed E-state index contributed by atoms with van der Waals surface area (Å²) in [5.41, 5.74) is 0.400. The minimum atomic E-state index is -0.495. The molecule has 0 saturated heterocycles. The number of pyridine rings is 1. The monoisotopic (exact) mass is 281 g/mol. The molecule has 1 atom stereocenters. The number of nitrogens with one attached hydrogen (secondary N) is 2. The maximum absolute atomic E-state index is 12.0. The fraction of sp³-hybridized carbons (Fsp3) is 0.571. The highest BCUT2D eigenvalue weighted by atomic mass is 16.3. The second-order valence-corrected chi connectivity index (χ2v) is 5.99. The minimum absolute atomic E-state index is 0.164. The van der Waals surface area contributed by atoms with E-state index in [2.05, 4.69) is 10.6 Å².